The van der Waals surface area contributed by atoms with Crippen molar-refractivity contribution in [3.8, 4) is 0 Å². The van der Waals surface area contributed by atoms with Gasteiger partial charge in [-0.25, -0.2) is 9.48 Å². The minimum atomic E-state index is -0.218. The number of benzene rings is 1. The topological polar surface area (TPSA) is 72.2 Å². The Hall–Kier alpha value is -2.06. The average Bonchev–Trinajstić information content (AvgIpc) is 2.87. The average molecular weight is 416 g/mol. The van der Waals surface area contributed by atoms with Gasteiger partial charge in [-0.15, -0.1) is 0 Å². The molecule has 0 atom stereocenters. The van der Waals surface area contributed by atoms with Crippen molar-refractivity contribution in [1.82, 2.24) is 19.2 Å². The number of hydrogen-bond donors (Lipinski definition) is 1. The summed E-state index contributed by atoms with van der Waals surface area (Å²) < 4.78 is 3.02. The molecule has 2 aliphatic rings. The molecule has 1 N–H and O–H groups in total. The Morgan fingerprint density at radius 1 is 1.17 bits per heavy atom. The van der Waals surface area contributed by atoms with Crippen molar-refractivity contribution in [3.05, 3.63) is 45.6 Å². The van der Waals surface area contributed by atoms with Crippen LogP contribution in [0.4, 0.5) is 5.69 Å². The van der Waals surface area contributed by atoms with E-state index in [1.165, 1.54) is 21.8 Å². The Morgan fingerprint density at radius 3 is 2.79 bits per heavy atom. The van der Waals surface area contributed by atoms with Crippen molar-refractivity contribution in [2.24, 2.45) is 0 Å². The van der Waals surface area contributed by atoms with Gasteiger partial charge in [0.05, 0.1) is 0 Å². The van der Waals surface area contributed by atoms with Crippen LogP contribution in [0.15, 0.2) is 23.0 Å². The number of nitrogens with one attached hydrogen (secondary N) is 1. The maximum absolute atomic E-state index is 12.5. The lowest BCUT2D eigenvalue weighted by molar-refractivity contribution is -0.117. The van der Waals surface area contributed by atoms with Crippen LogP contribution >= 0.6 is 11.8 Å². The molecule has 4 rings (SSSR count). The number of carbonyl (C=O) groups excluding carboxylic acids is 1. The molecular formula is C21H29N5O2S. The maximum atomic E-state index is 12.5. The fourth-order valence-electron chi connectivity index (χ4n) is 4.04. The molecule has 29 heavy (non-hydrogen) atoms. The molecule has 8 heteroatoms. The molecule has 1 amide bonds. The minimum absolute atomic E-state index is 0.0501. The van der Waals surface area contributed by atoms with E-state index in [4.69, 9.17) is 0 Å². The summed E-state index contributed by atoms with van der Waals surface area (Å²) in [5.41, 5.74) is 2.92. The Labute approximate surface area is 175 Å². The molecule has 1 aromatic carbocycles. The fourth-order valence-corrected chi connectivity index (χ4v) is 5.01. The molecule has 2 aromatic rings. The second-order valence-electron chi connectivity index (χ2n) is 7.90. The van der Waals surface area contributed by atoms with Gasteiger partial charge in [0.1, 0.15) is 12.4 Å². The first-order valence-electron chi connectivity index (χ1n) is 10.5. The van der Waals surface area contributed by atoms with E-state index in [1.54, 1.807) is 4.57 Å². The smallest absolute Gasteiger partial charge is 0.324 e. The highest BCUT2D eigenvalue weighted by Crippen LogP contribution is 2.19. The number of anilines is 1. The third-order valence-corrected chi connectivity index (χ3v) is 6.59. The molecule has 2 aliphatic heterocycles. The van der Waals surface area contributed by atoms with Crippen molar-refractivity contribution in [3.63, 3.8) is 0 Å². The molecule has 3 heterocycles. The van der Waals surface area contributed by atoms with Crippen LogP contribution in [0, 0.1) is 6.92 Å². The van der Waals surface area contributed by atoms with Gasteiger partial charge in [-0.1, -0.05) is 18.6 Å². The van der Waals surface area contributed by atoms with Gasteiger partial charge in [-0.2, -0.15) is 16.9 Å². The number of aromatic nitrogens is 3. The Kier molecular flexibility index (Phi) is 6.40. The predicted octanol–water partition coefficient (Wildman–Crippen LogP) is 2.27. The van der Waals surface area contributed by atoms with Crippen molar-refractivity contribution >= 4 is 23.4 Å². The summed E-state index contributed by atoms with van der Waals surface area (Å²) in [6.45, 7) is 5.87. The maximum Gasteiger partial charge on any atom is 0.346 e. The molecule has 1 aromatic heterocycles. The molecular weight excluding hydrogens is 386 g/mol. The quantitative estimate of drug-likeness (QED) is 0.811. The first kappa shape index (κ1) is 20.2. The highest BCUT2D eigenvalue weighted by Gasteiger charge is 2.18. The normalized spacial score (nSPS) is 17.6. The van der Waals surface area contributed by atoms with Crippen LogP contribution in [-0.4, -0.2) is 49.7 Å². The molecule has 0 saturated carbocycles. The first-order chi connectivity index (χ1) is 14.1. The van der Waals surface area contributed by atoms with Crippen molar-refractivity contribution in [2.75, 3.05) is 29.9 Å². The zero-order chi connectivity index (χ0) is 20.2. The van der Waals surface area contributed by atoms with Crippen LogP contribution in [0.25, 0.3) is 0 Å². The zero-order valence-corrected chi connectivity index (χ0v) is 17.8. The number of carbonyl (C=O) groups is 1. The number of nitrogens with zero attached hydrogens (tertiary/aromatic N) is 4. The summed E-state index contributed by atoms with van der Waals surface area (Å²) >= 11 is 2.01. The Morgan fingerprint density at radius 2 is 2.00 bits per heavy atom. The van der Waals surface area contributed by atoms with Crippen LogP contribution in [0.3, 0.4) is 0 Å². The third kappa shape index (κ3) is 4.93. The van der Waals surface area contributed by atoms with Gasteiger partial charge in [0, 0.05) is 49.8 Å². The second kappa shape index (κ2) is 9.17. The number of thioether (sulfide) groups is 1. The van der Waals surface area contributed by atoms with E-state index in [9.17, 15) is 9.59 Å². The van der Waals surface area contributed by atoms with Crippen molar-refractivity contribution in [1.29, 1.82) is 0 Å². The third-order valence-electron chi connectivity index (χ3n) is 5.65. The zero-order valence-electron chi connectivity index (χ0n) is 17.0. The molecule has 156 valence electrons. The van der Waals surface area contributed by atoms with Gasteiger partial charge in [0.2, 0.25) is 5.91 Å². The first-order valence-corrected chi connectivity index (χ1v) is 11.6. The lowest BCUT2D eigenvalue weighted by atomic mass is 10.1. The summed E-state index contributed by atoms with van der Waals surface area (Å²) in [6, 6.07) is 6.18. The Bertz CT molecular complexity index is 930. The van der Waals surface area contributed by atoms with E-state index in [1.807, 2.05) is 24.8 Å². The van der Waals surface area contributed by atoms with Crippen LogP contribution in [0.5, 0.6) is 0 Å². The van der Waals surface area contributed by atoms with Gasteiger partial charge < -0.3 is 5.32 Å². The largest absolute Gasteiger partial charge is 0.346 e. The number of fused-ring (bicyclic) bond motifs is 1. The summed E-state index contributed by atoms with van der Waals surface area (Å²) in [5, 5.41) is 7.34. The van der Waals surface area contributed by atoms with Gasteiger partial charge >= 0.3 is 5.69 Å². The van der Waals surface area contributed by atoms with E-state index >= 15 is 0 Å². The number of rotatable bonds is 5. The van der Waals surface area contributed by atoms with E-state index in [2.05, 4.69) is 27.4 Å². The summed E-state index contributed by atoms with van der Waals surface area (Å²) in [7, 11) is 0. The lowest BCUT2D eigenvalue weighted by Crippen LogP contribution is -2.32. The van der Waals surface area contributed by atoms with E-state index in [0.717, 1.165) is 62.4 Å². The van der Waals surface area contributed by atoms with E-state index in [0.29, 0.717) is 6.54 Å². The summed E-state index contributed by atoms with van der Waals surface area (Å²) in [5.74, 6) is 2.98. The minimum Gasteiger partial charge on any atom is -0.324 e. The molecule has 0 unspecified atom stereocenters. The van der Waals surface area contributed by atoms with Crippen LogP contribution in [0.1, 0.15) is 36.2 Å². The van der Waals surface area contributed by atoms with Gasteiger partial charge in [-0.05, 0) is 37.0 Å². The van der Waals surface area contributed by atoms with Gasteiger partial charge in [0.15, 0.2) is 0 Å². The molecule has 0 bridgehead atoms. The highest BCUT2D eigenvalue weighted by molar-refractivity contribution is 7.99. The monoisotopic (exact) mass is 415 g/mol. The number of amides is 1. The van der Waals surface area contributed by atoms with E-state index in [-0.39, 0.29) is 18.1 Å². The van der Waals surface area contributed by atoms with Crippen LogP contribution < -0.4 is 11.0 Å². The molecule has 0 aliphatic carbocycles. The second-order valence-corrected chi connectivity index (χ2v) is 9.13. The molecule has 1 fully saturated rings. The predicted molar refractivity (Wildman–Crippen MR) is 116 cm³/mol. The highest BCUT2D eigenvalue weighted by atomic mass is 32.2. The summed E-state index contributed by atoms with van der Waals surface area (Å²) in [4.78, 5) is 27.5. The summed E-state index contributed by atoms with van der Waals surface area (Å²) in [6.07, 6.45) is 3.96. The molecule has 0 spiro atoms. The van der Waals surface area contributed by atoms with Crippen molar-refractivity contribution < 1.29 is 4.79 Å². The van der Waals surface area contributed by atoms with E-state index < -0.39 is 0 Å². The van der Waals surface area contributed by atoms with Crippen LogP contribution in [0.2, 0.25) is 0 Å². The molecule has 1 saturated heterocycles. The molecule has 7 nitrogen and oxygen atoms in total. The Balaban J connectivity index is 1.39. The standard InChI is InChI=1S/C21H29N5O2S/c1-16-13-17(14-24-9-11-29-12-10-24)6-7-18(16)22-20(27)15-26-21(28)25-8-4-2-3-5-19(25)23-26/h6-7,13H,2-5,8-12,14-15H2,1H3,(H,22,27). The molecule has 0 radical (unpaired) electrons. The van der Waals surface area contributed by atoms with Crippen LogP contribution in [-0.2, 0) is 30.8 Å². The number of aryl methyl sites for hydroxylation is 2. The van der Waals surface area contributed by atoms with Crippen molar-refractivity contribution in [2.45, 2.75) is 52.2 Å². The SMILES string of the molecule is Cc1cc(CN2CCSCC2)ccc1NC(=O)Cn1nc2n(c1=O)CCCCC2. The number of hydrogen-bond acceptors (Lipinski definition) is 5. The van der Waals surface area contributed by atoms with Gasteiger partial charge in [0.25, 0.3) is 0 Å². The fraction of sp³-hybridized carbons (Fsp3) is 0.571. The van der Waals surface area contributed by atoms with Gasteiger partial charge in [-0.3, -0.25) is 14.3 Å². The lowest BCUT2D eigenvalue weighted by Gasteiger charge is -2.26.